The van der Waals surface area contributed by atoms with Crippen molar-refractivity contribution in [3.05, 3.63) is 22.8 Å². The summed E-state index contributed by atoms with van der Waals surface area (Å²) in [4.78, 5) is 4.34. The van der Waals surface area contributed by atoms with E-state index in [0.717, 1.165) is 21.2 Å². The lowest BCUT2D eigenvalue weighted by Crippen LogP contribution is -2.30. The Morgan fingerprint density at radius 2 is 2.25 bits per heavy atom. The number of hydrogen-bond donors (Lipinski definition) is 1. The first-order valence-electron chi connectivity index (χ1n) is 5.76. The van der Waals surface area contributed by atoms with Crippen LogP contribution in [0.4, 0.5) is 0 Å². The zero-order chi connectivity index (χ0) is 11.4. The van der Waals surface area contributed by atoms with Crippen LogP contribution in [0.5, 0.6) is 0 Å². The van der Waals surface area contributed by atoms with E-state index >= 15 is 0 Å². The molecule has 88 valence electrons. The molecule has 16 heavy (non-hydrogen) atoms. The molecule has 1 aromatic rings. The molecule has 0 radical (unpaired) electrons. The molecule has 0 aliphatic heterocycles. The molecule has 1 aromatic heterocycles. The third kappa shape index (κ3) is 3.22. The highest BCUT2D eigenvalue weighted by Crippen LogP contribution is 2.31. The minimum Gasteiger partial charge on any atom is -0.327 e. The monoisotopic (exact) mass is 300 g/mol. The zero-order valence-corrected chi connectivity index (χ0v) is 11.6. The van der Waals surface area contributed by atoms with Crippen LogP contribution < -0.4 is 5.73 Å². The van der Waals surface area contributed by atoms with Crippen molar-refractivity contribution < 1.29 is 0 Å². The van der Waals surface area contributed by atoms with Gasteiger partial charge in [-0.3, -0.25) is 0 Å². The Morgan fingerprint density at radius 1 is 1.50 bits per heavy atom. The van der Waals surface area contributed by atoms with Gasteiger partial charge in [-0.2, -0.15) is 0 Å². The molecule has 1 aliphatic rings. The number of hydrogen-bond acceptors (Lipinski definition) is 3. The van der Waals surface area contributed by atoms with Crippen molar-refractivity contribution in [2.45, 2.75) is 36.8 Å². The summed E-state index contributed by atoms with van der Waals surface area (Å²) in [5.74, 6) is 1.70. The van der Waals surface area contributed by atoms with Crippen LogP contribution in [-0.4, -0.2) is 16.8 Å². The van der Waals surface area contributed by atoms with Gasteiger partial charge in [-0.15, -0.1) is 11.8 Å². The molecule has 0 amide bonds. The van der Waals surface area contributed by atoms with Crippen LogP contribution in [0.1, 0.15) is 25.7 Å². The van der Waals surface area contributed by atoms with Crippen LogP contribution in [0, 0.1) is 5.92 Å². The average molecular weight is 301 g/mol. The molecule has 1 heterocycles. The van der Waals surface area contributed by atoms with Crippen molar-refractivity contribution in [1.29, 1.82) is 0 Å². The Hall–Kier alpha value is -0.0600. The summed E-state index contributed by atoms with van der Waals surface area (Å²) < 4.78 is 1.07. The highest BCUT2D eigenvalue weighted by atomic mass is 79.9. The smallest absolute Gasteiger partial charge is 0.110 e. The highest BCUT2D eigenvalue weighted by molar-refractivity contribution is 9.10. The Kier molecular flexibility index (Phi) is 4.67. The summed E-state index contributed by atoms with van der Waals surface area (Å²) >= 11 is 5.26. The standard InChI is InChI=1S/C12H17BrN2S/c13-10-6-3-7-15-12(10)16-8-11(14)9-4-1-2-5-9/h3,6-7,9,11H,1-2,4-5,8,14H2. The predicted octanol–water partition coefficient (Wildman–Crippen LogP) is 3.45. The average Bonchev–Trinajstić information content (AvgIpc) is 2.81. The van der Waals surface area contributed by atoms with Crippen molar-refractivity contribution >= 4 is 27.7 Å². The molecular weight excluding hydrogens is 284 g/mol. The fourth-order valence-corrected chi connectivity index (χ4v) is 3.74. The second-order valence-electron chi connectivity index (χ2n) is 4.31. The van der Waals surface area contributed by atoms with Crippen LogP contribution in [0.15, 0.2) is 27.8 Å². The van der Waals surface area contributed by atoms with Crippen LogP contribution >= 0.6 is 27.7 Å². The minimum atomic E-state index is 0.321. The summed E-state index contributed by atoms with van der Waals surface area (Å²) in [6.45, 7) is 0. The minimum absolute atomic E-state index is 0.321. The highest BCUT2D eigenvalue weighted by Gasteiger charge is 2.22. The van der Waals surface area contributed by atoms with Crippen LogP contribution in [0.3, 0.4) is 0 Å². The molecule has 1 aliphatic carbocycles. The first kappa shape index (κ1) is 12.4. The molecule has 1 saturated carbocycles. The van der Waals surface area contributed by atoms with E-state index < -0.39 is 0 Å². The summed E-state index contributed by atoms with van der Waals surface area (Å²) in [6.07, 6.45) is 7.16. The van der Waals surface area contributed by atoms with Gasteiger partial charge in [0.2, 0.25) is 0 Å². The Labute approximate surface area is 110 Å². The lowest BCUT2D eigenvalue weighted by Gasteiger charge is -2.18. The summed E-state index contributed by atoms with van der Waals surface area (Å²) in [5, 5.41) is 1.05. The van der Waals surface area contributed by atoms with Crippen LogP contribution in [0.2, 0.25) is 0 Å². The predicted molar refractivity (Wildman–Crippen MR) is 72.6 cm³/mol. The van der Waals surface area contributed by atoms with E-state index in [1.807, 2.05) is 18.3 Å². The van der Waals surface area contributed by atoms with Crippen molar-refractivity contribution in [1.82, 2.24) is 4.98 Å². The topological polar surface area (TPSA) is 38.9 Å². The van der Waals surface area contributed by atoms with Crippen LogP contribution in [-0.2, 0) is 0 Å². The molecule has 2 nitrogen and oxygen atoms in total. The van der Waals surface area contributed by atoms with Gasteiger partial charge in [0.25, 0.3) is 0 Å². The van der Waals surface area contributed by atoms with Gasteiger partial charge in [0.1, 0.15) is 5.03 Å². The first-order chi connectivity index (χ1) is 7.77. The SMILES string of the molecule is NC(CSc1ncccc1Br)C1CCCC1. The largest absolute Gasteiger partial charge is 0.327 e. The van der Waals surface area contributed by atoms with Gasteiger partial charge < -0.3 is 5.73 Å². The maximum atomic E-state index is 6.21. The molecule has 0 aromatic carbocycles. The van der Waals surface area contributed by atoms with E-state index in [1.165, 1.54) is 25.7 Å². The van der Waals surface area contributed by atoms with Crippen molar-refractivity contribution in [2.24, 2.45) is 11.7 Å². The molecule has 2 N–H and O–H groups in total. The summed E-state index contributed by atoms with van der Waals surface area (Å²) in [7, 11) is 0. The number of aromatic nitrogens is 1. The molecule has 0 bridgehead atoms. The molecule has 1 fully saturated rings. The zero-order valence-electron chi connectivity index (χ0n) is 9.23. The molecule has 4 heteroatoms. The first-order valence-corrected chi connectivity index (χ1v) is 7.54. The molecule has 0 saturated heterocycles. The Bertz CT molecular complexity index is 340. The van der Waals surface area contributed by atoms with Gasteiger partial charge in [0, 0.05) is 22.5 Å². The molecule has 0 spiro atoms. The van der Waals surface area contributed by atoms with Gasteiger partial charge in [0.05, 0.1) is 0 Å². The number of nitrogens with zero attached hydrogens (tertiary/aromatic N) is 1. The van der Waals surface area contributed by atoms with Gasteiger partial charge in [-0.25, -0.2) is 4.98 Å². The Morgan fingerprint density at radius 3 is 2.94 bits per heavy atom. The van der Waals surface area contributed by atoms with E-state index in [4.69, 9.17) is 5.73 Å². The fourth-order valence-electron chi connectivity index (χ4n) is 2.17. The van der Waals surface area contributed by atoms with Gasteiger partial charge in [-0.1, -0.05) is 12.8 Å². The Balaban J connectivity index is 1.84. The third-order valence-corrected chi connectivity index (χ3v) is 5.20. The van der Waals surface area contributed by atoms with E-state index in [-0.39, 0.29) is 0 Å². The number of thioether (sulfide) groups is 1. The molecule has 1 unspecified atom stereocenters. The van der Waals surface area contributed by atoms with Crippen molar-refractivity contribution in [2.75, 3.05) is 5.75 Å². The quantitative estimate of drug-likeness (QED) is 0.866. The van der Waals surface area contributed by atoms with E-state index in [2.05, 4.69) is 20.9 Å². The lowest BCUT2D eigenvalue weighted by molar-refractivity contribution is 0.463. The number of rotatable bonds is 4. The number of pyridine rings is 1. The second-order valence-corrected chi connectivity index (χ2v) is 6.17. The van der Waals surface area contributed by atoms with E-state index in [0.29, 0.717) is 6.04 Å². The summed E-state index contributed by atoms with van der Waals surface area (Å²) in [6, 6.07) is 4.28. The lowest BCUT2D eigenvalue weighted by atomic mass is 10.0. The van der Waals surface area contributed by atoms with E-state index in [9.17, 15) is 0 Å². The van der Waals surface area contributed by atoms with Crippen molar-refractivity contribution in [3.8, 4) is 0 Å². The van der Waals surface area contributed by atoms with Gasteiger partial charge in [0.15, 0.2) is 0 Å². The fraction of sp³-hybridized carbons (Fsp3) is 0.583. The molecular formula is C12H17BrN2S. The molecule has 2 rings (SSSR count). The summed E-state index contributed by atoms with van der Waals surface area (Å²) in [5.41, 5.74) is 6.21. The maximum Gasteiger partial charge on any atom is 0.110 e. The maximum absolute atomic E-state index is 6.21. The van der Waals surface area contributed by atoms with Gasteiger partial charge >= 0.3 is 0 Å². The number of halogens is 1. The van der Waals surface area contributed by atoms with Crippen LogP contribution in [0.25, 0.3) is 0 Å². The third-order valence-electron chi connectivity index (χ3n) is 3.14. The van der Waals surface area contributed by atoms with E-state index in [1.54, 1.807) is 11.8 Å². The number of nitrogens with two attached hydrogens (primary N) is 1. The normalized spacial score (nSPS) is 18.9. The van der Waals surface area contributed by atoms with Gasteiger partial charge in [-0.05, 0) is 46.8 Å². The second kappa shape index (κ2) is 6.03. The van der Waals surface area contributed by atoms with Crippen molar-refractivity contribution in [3.63, 3.8) is 0 Å². The molecule has 1 atom stereocenters.